The summed E-state index contributed by atoms with van der Waals surface area (Å²) in [5.41, 5.74) is -0.661. The van der Waals surface area contributed by atoms with Crippen molar-refractivity contribution < 1.29 is 32.7 Å². The SMILES string of the molecule is CC1(O)CCC(N2CC(CC(=O)CC3(c4cccc(Cl)c4)COC3)(CC(=O)c3cc(-c4ccc(F)cc4F)on3)C2)CC1. The molecule has 2 aliphatic heterocycles. The van der Waals surface area contributed by atoms with Crippen LogP contribution in [0.1, 0.15) is 67.9 Å². The number of benzene rings is 2. The van der Waals surface area contributed by atoms with Crippen LogP contribution in [0.15, 0.2) is 53.1 Å². The Kier molecular flexibility index (Phi) is 8.04. The third-order valence-electron chi connectivity index (χ3n) is 9.46. The molecule has 10 heteroatoms. The molecule has 228 valence electrons. The minimum Gasteiger partial charge on any atom is -0.390 e. The number of hydrogen-bond acceptors (Lipinski definition) is 7. The van der Waals surface area contributed by atoms with E-state index in [2.05, 4.69) is 10.1 Å². The number of carbonyl (C=O) groups is 2. The fourth-order valence-electron chi connectivity index (χ4n) is 7.00. The van der Waals surface area contributed by atoms with Gasteiger partial charge in [0.25, 0.3) is 0 Å². The first-order valence-corrected chi connectivity index (χ1v) is 15.1. The van der Waals surface area contributed by atoms with E-state index in [4.69, 9.17) is 20.9 Å². The molecule has 1 aliphatic carbocycles. The summed E-state index contributed by atoms with van der Waals surface area (Å²) in [5.74, 6) is -1.74. The van der Waals surface area contributed by atoms with Gasteiger partial charge in [-0.2, -0.15) is 0 Å². The molecular weight excluding hydrogens is 578 g/mol. The summed E-state index contributed by atoms with van der Waals surface area (Å²) in [7, 11) is 0. The molecule has 1 saturated carbocycles. The molecule has 0 atom stereocenters. The number of rotatable bonds is 10. The van der Waals surface area contributed by atoms with Crippen molar-refractivity contribution >= 4 is 23.2 Å². The predicted molar refractivity (Wildman–Crippen MR) is 156 cm³/mol. The van der Waals surface area contributed by atoms with E-state index in [9.17, 15) is 23.5 Å². The van der Waals surface area contributed by atoms with Crippen molar-refractivity contribution in [2.45, 2.75) is 68.9 Å². The quantitative estimate of drug-likeness (QED) is 0.274. The van der Waals surface area contributed by atoms with E-state index in [1.807, 2.05) is 25.1 Å². The van der Waals surface area contributed by atoms with Gasteiger partial charge in [-0.3, -0.25) is 14.5 Å². The number of nitrogens with zero attached hydrogens (tertiary/aromatic N) is 2. The van der Waals surface area contributed by atoms with Crippen LogP contribution >= 0.6 is 11.6 Å². The monoisotopic (exact) mass is 612 g/mol. The first-order valence-electron chi connectivity index (χ1n) is 14.7. The van der Waals surface area contributed by atoms with Crippen LogP contribution in [-0.4, -0.2) is 64.7 Å². The van der Waals surface area contributed by atoms with E-state index in [1.54, 1.807) is 6.07 Å². The van der Waals surface area contributed by atoms with E-state index in [0.717, 1.165) is 30.5 Å². The van der Waals surface area contributed by atoms with E-state index in [1.165, 1.54) is 12.1 Å². The minimum atomic E-state index is -0.813. The maximum Gasteiger partial charge on any atom is 0.185 e. The van der Waals surface area contributed by atoms with E-state index >= 15 is 0 Å². The maximum absolute atomic E-state index is 14.3. The summed E-state index contributed by atoms with van der Waals surface area (Å²) in [6.07, 6.45) is 3.73. The van der Waals surface area contributed by atoms with Crippen molar-refractivity contribution in [3.63, 3.8) is 0 Å². The third-order valence-corrected chi connectivity index (χ3v) is 9.69. The fourth-order valence-corrected chi connectivity index (χ4v) is 7.19. The first-order chi connectivity index (χ1) is 20.4. The molecule has 0 unspecified atom stereocenters. The molecule has 3 aromatic rings. The van der Waals surface area contributed by atoms with Crippen LogP contribution in [0.5, 0.6) is 0 Å². The van der Waals surface area contributed by atoms with Gasteiger partial charge in [0, 0.05) is 66.4 Å². The van der Waals surface area contributed by atoms with Crippen molar-refractivity contribution in [3.05, 3.63) is 76.4 Å². The second-order valence-electron chi connectivity index (χ2n) is 13.1. The second kappa shape index (κ2) is 11.5. The van der Waals surface area contributed by atoms with Crippen molar-refractivity contribution in [2.75, 3.05) is 26.3 Å². The van der Waals surface area contributed by atoms with Gasteiger partial charge in [0.1, 0.15) is 23.1 Å². The van der Waals surface area contributed by atoms with Gasteiger partial charge in [-0.1, -0.05) is 28.9 Å². The van der Waals surface area contributed by atoms with Gasteiger partial charge in [0.15, 0.2) is 11.5 Å². The van der Waals surface area contributed by atoms with Crippen LogP contribution in [0.25, 0.3) is 11.3 Å². The Balaban J connectivity index is 1.18. The van der Waals surface area contributed by atoms with Gasteiger partial charge < -0.3 is 14.4 Å². The highest BCUT2D eigenvalue weighted by atomic mass is 35.5. The van der Waals surface area contributed by atoms with Crippen molar-refractivity contribution in [2.24, 2.45) is 5.41 Å². The van der Waals surface area contributed by atoms with Crippen LogP contribution in [-0.2, 0) is 14.9 Å². The van der Waals surface area contributed by atoms with Crippen LogP contribution in [0, 0.1) is 17.0 Å². The lowest BCUT2D eigenvalue weighted by Crippen LogP contribution is -2.62. The van der Waals surface area contributed by atoms with Gasteiger partial charge in [0.2, 0.25) is 0 Å². The highest BCUT2D eigenvalue weighted by Gasteiger charge is 2.50. The molecule has 3 fully saturated rings. The zero-order valence-corrected chi connectivity index (χ0v) is 24.8. The summed E-state index contributed by atoms with van der Waals surface area (Å²) >= 11 is 6.25. The van der Waals surface area contributed by atoms with Crippen molar-refractivity contribution in [1.29, 1.82) is 0 Å². The zero-order chi connectivity index (χ0) is 30.4. The molecule has 2 aromatic carbocycles. The topological polar surface area (TPSA) is 92.9 Å². The van der Waals surface area contributed by atoms with Crippen LogP contribution < -0.4 is 0 Å². The Morgan fingerprint density at radius 2 is 1.79 bits per heavy atom. The smallest absolute Gasteiger partial charge is 0.185 e. The predicted octanol–water partition coefficient (Wildman–Crippen LogP) is 6.16. The van der Waals surface area contributed by atoms with Gasteiger partial charge >= 0.3 is 0 Å². The lowest BCUT2D eigenvalue weighted by molar-refractivity contribution is -0.135. The van der Waals surface area contributed by atoms with Crippen molar-refractivity contribution in [3.8, 4) is 11.3 Å². The average molecular weight is 613 g/mol. The Bertz CT molecular complexity index is 1520. The standard InChI is InChI=1S/C33H35ClF2N2O5/c1-31(41)9-7-24(8-10-31)38-17-32(18-38,14-25(39)15-33(19-42-20-33)21-3-2-4-22(34)11-21)16-29(40)28-13-30(43-37-28)26-6-5-23(35)12-27(26)36/h2-6,11-13,24,41H,7-10,14-20H2,1H3. The van der Waals surface area contributed by atoms with Crippen LogP contribution in [0.2, 0.25) is 5.02 Å². The van der Waals surface area contributed by atoms with Gasteiger partial charge in [-0.15, -0.1) is 0 Å². The molecule has 0 bridgehead atoms. The molecule has 0 radical (unpaired) electrons. The number of carbonyl (C=O) groups excluding carboxylic acids is 2. The molecule has 1 aromatic heterocycles. The summed E-state index contributed by atoms with van der Waals surface area (Å²) in [5, 5.41) is 14.9. The molecule has 0 spiro atoms. The molecule has 3 aliphatic rings. The Hall–Kier alpha value is -2.98. The molecule has 2 saturated heterocycles. The van der Waals surface area contributed by atoms with Gasteiger partial charge in [0.05, 0.1) is 24.4 Å². The molecule has 43 heavy (non-hydrogen) atoms. The number of aliphatic hydroxyl groups is 1. The van der Waals surface area contributed by atoms with E-state index < -0.39 is 28.1 Å². The lowest BCUT2D eigenvalue weighted by Gasteiger charge is -2.55. The molecule has 6 rings (SSSR count). The summed E-state index contributed by atoms with van der Waals surface area (Å²) in [6, 6.07) is 12.3. The summed E-state index contributed by atoms with van der Waals surface area (Å²) in [6.45, 7) is 3.89. The third kappa shape index (κ3) is 6.32. The second-order valence-corrected chi connectivity index (χ2v) is 13.5. The van der Waals surface area contributed by atoms with Gasteiger partial charge in [-0.25, -0.2) is 8.78 Å². The lowest BCUT2D eigenvalue weighted by atomic mass is 9.67. The molecule has 0 amide bonds. The number of hydrogen-bond donors (Lipinski definition) is 1. The number of ketones is 2. The molecular formula is C33H35ClF2N2O5. The summed E-state index contributed by atoms with van der Waals surface area (Å²) in [4.78, 5) is 29.5. The average Bonchev–Trinajstić information content (AvgIpc) is 3.39. The maximum atomic E-state index is 14.3. The number of ether oxygens (including phenoxy) is 1. The Morgan fingerprint density at radius 3 is 2.44 bits per heavy atom. The summed E-state index contributed by atoms with van der Waals surface area (Å²) < 4.78 is 38.5. The van der Waals surface area contributed by atoms with Gasteiger partial charge in [-0.05, 0) is 62.4 Å². The fraction of sp³-hybridized carbons (Fsp3) is 0.485. The Morgan fingerprint density at radius 1 is 1.05 bits per heavy atom. The highest BCUT2D eigenvalue weighted by Crippen LogP contribution is 2.45. The zero-order valence-electron chi connectivity index (χ0n) is 24.1. The largest absolute Gasteiger partial charge is 0.390 e. The number of aromatic nitrogens is 1. The molecule has 3 heterocycles. The molecule has 7 nitrogen and oxygen atoms in total. The van der Waals surface area contributed by atoms with Crippen molar-refractivity contribution in [1.82, 2.24) is 10.1 Å². The minimum absolute atomic E-state index is 0.00914. The number of likely N-dealkylation sites (tertiary alicyclic amines) is 1. The Labute approximate surface area is 254 Å². The highest BCUT2D eigenvalue weighted by molar-refractivity contribution is 6.30. The van der Waals surface area contributed by atoms with E-state index in [0.29, 0.717) is 44.2 Å². The molecule has 1 N–H and O–H groups in total. The first kappa shape index (κ1) is 30.1. The van der Waals surface area contributed by atoms with Crippen LogP contribution in [0.4, 0.5) is 8.78 Å². The van der Waals surface area contributed by atoms with Crippen LogP contribution in [0.3, 0.4) is 0 Å². The number of halogens is 3. The normalized spacial score (nSPS) is 24.6. The van der Waals surface area contributed by atoms with E-state index in [-0.39, 0.29) is 53.9 Å². The number of Topliss-reactive ketones (excluding diaryl/α,β-unsaturated/α-hetero) is 2.